The molecule has 0 amide bonds. The van der Waals surface area contributed by atoms with Crippen LogP contribution in [0.4, 0.5) is 0 Å². The number of carboxylic acids is 1. The molecule has 1 saturated heterocycles. The van der Waals surface area contributed by atoms with Crippen molar-refractivity contribution in [1.29, 1.82) is 0 Å². The number of hydrogen-bond acceptors (Lipinski definition) is 7. The normalized spacial score (nSPS) is 22.8. The lowest BCUT2D eigenvalue weighted by Crippen LogP contribution is -2.50. The zero-order valence-electron chi connectivity index (χ0n) is 11.0. The van der Waals surface area contributed by atoms with Crippen molar-refractivity contribution in [2.45, 2.75) is 18.5 Å². The second kappa shape index (κ2) is 5.48. The number of carbonyl (C=O) groups is 1. The van der Waals surface area contributed by atoms with E-state index in [1.165, 1.54) is 11.3 Å². The maximum Gasteiger partial charge on any atom is 0.325 e. The van der Waals surface area contributed by atoms with Crippen LogP contribution in [0.2, 0.25) is 0 Å². The zero-order valence-corrected chi connectivity index (χ0v) is 13.4. The van der Waals surface area contributed by atoms with E-state index in [9.17, 15) is 4.79 Å². The van der Waals surface area contributed by atoms with Gasteiger partial charge >= 0.3 is 5.97 Å². The van der Waals surface area contributed by atoms with Gasteiger partial charge in [0.05, 0.1) is 15.2 Å². The van der Waals surface area contributed by atoms with E-state index in [0.717, 1.165) is 8.66 Å². The molecule has 1 fully saturated rings. The average molecular weight is 373 g/mol. The van der Waals surface area contributed by atoms with Crippen LogP contribution in [0.3, 0.4) is 0 Å². The Kier molecular flexibility index (Phi) is 3.82. The minimum Gasteiger partial charge on any atom is -0.480 e. The molecule has 1 unspecified atom stereocenters. The minimum atomic E-state index is -1.18. The molecule has 3 rings (SSSR count). The molecule has 112 valence electrons. The van der Waals surface area contributed by atoms with Crippen LogP contribution in [0.1, 0.15) is 12.3 Å². The molecule has 7 nitrogen and oxygen atoms in total. The maximum absolute atomic E-state index is 11.1. The van der Waals surface area contributed by atoms with E-state index in [2.05, 4.69) is 26.1 Å². The van der Waals surface area contributed by atoms with Crippen LogP contribution in [0.15, 0.2) is 20.3 Å². The first kappa shape index (κ1) is 14.6. The van der Waals surface area contributed by atoms with Crippen molar-refractivity contribution in [3.63, 3.8) is 0 Å². The fourth-order valence-electron chi connectivity index (χ4n) is 2.26. The Morgan fingerprint density at radius 1 is 1.57 bits per heavy atom. The number of likely N-dealkylation sites (tertiary alicyclic amines) is 1. The van der Waals surface area contributed by atoms with Crippen molar-refractivity contribution < 1.29 is 14.3 Å². The average Bonchev–Trinajstić information content (AvgIpc) is 3.11. The number of halogens is 1. The van der Waals surface area contributed by atoms with Gasteiger partial charge in [-0.3, -0.25) is 9.69 Å². The Bertz CT molecular complexity index is 673. The van der Waals surface area contributed by atoms with Crippen LogP contribution < -0.4 is 5.73 Å². The summed E-state index contributed by atoms with van der Waals surface area (Å²) in [4.78, 5) is 13.9. The lowest BCUT2D eigenvalue weighted by atomic mass is 10.0. The van der Waals surface area contributed by atoms with Crippen molar-refractivity contribution in [1.82, 2.24) is 15.1 Å². The van der Waals surface area contributed by atoms with Crippen molar-refractivity contribution >= 4 is 33.2 Å². The Labute approximate surface area is 132 Å². The van der Waals surface area contributed by atoms with Gasteiger partial charge in [0, 0.05) is 13.1 Å². The second-order valence-corrected chi connectivity index (χ2v) is 7.49. The molecule has 21 heavy (non-hydrogen) atoms. The number of nitrogens with zero attached hydrogens (tertiary/aromatic N) is 3. The highest BCUT2D eigenvalue weighted by molar-refractivity contribution is 9.11. The minimum absolute atomic E-state index is 0.282. The molecular formula is C12H13BrN4O3S. The monoisotopic (exact) mass is 372 g/mol. The fourth-order valence-corrected chi connectivity index (χ4v) is 3.57. The molecule has 0 saturated carbocycles. The highest BCUT2D eigenvalue weighted by atomic mass is 79.9. The third-order valence-electron chi connectivity index (χ3n) is 3.42. The number of carboxylic acid groups (broad SMARTS) is 1. The Balaban J connectivity index is 1.67. The summed E-state index contributed by atoms with van der Waals surface area (Å²) < 4.78 is 6.60. The lowest BCUT2D eigenvalue weighted by Gasteiger charge is -2.18. The largest absolute Gasteiger partial charge is 0.480 e. The molecule has 0 radical (unpaired) electrons. The summed E-state index contributed by atoms with van der Waals surface area (Å²) in [5.74, 6) is -0.0408. The van der Waals surface area contributed by atoms with E-state index in [1.54, 1.807) is 0 Å². The van der Waals surface area contributed by atoms with Gasteiger partial charge in [0.25, 0.3) is 5.89 Å². The zero-order chi connectivity index (χ0) is 15.0. The standard InChI is InChI=1S/C12H13BrN4O3S/c13-8-2-1-7(21-8)10-16-15-9(20-10)5-17-4-3-12(14,6-17)11(18)19/h1-2H,3-6,14H2,(H,18,19). The summed E-state index contributed by atoms with van der Waals surface area (Å²) in [5.41, 5.74) is 4.65. The van der Waals surface area contributed by atoms with E-state index in [1.807, 2.05) is 17.0 Å². The number of hydrogen-bond donors (Lipinski definition) is 2. The topological polar surface area (TPSA) is 105 Å². The fraction of sp³-hybridized carbons (Fsp3) is 0.417. The van der Waals surface area contributed by atoms with Crippen molar-refractivity contribution in [3.8, 4) is 10.8 Å². The second-order valence-electron chi connectivity index (χ2n) is 5.03. The molecule has 1 aliphatic rings. The Morgan fingerprint density at radius 2 is 2.38 bits per heavy atom. The van der Waals surface area contributed by atoms with Crippen molar-refractivity contribution in [3.05, 3.63) is 21.8 Å². The van der Waals surface area contributed by atoms with E-state index >= 15 is 0 Å². The first-order valence-electron chi connectivity index (χ1n) is 6.29. The Morgan fingerprint density at radius 3 is 3.00 bits per heavy atom. The summed E-state index contributed by atoms with van der Waals surface area (Å²) in [6.45, 7) is 1.29. The van der Waals surface area contributed by atoms with Gasteiger partial charge in [-0.1, -0.05) is 0 Å². The Hall–Kier alpha value is -1.29. The van der Waals surface area contributed by atoms with Gasteiger partial charge in [0.15, 0.2) is 0 Å². The molecule has 2 aromatic heterocycles. The summed E-state index contributed by atoms with van der Waals surface area (Å²) in [6, 6.07) is 3.82. The van der Waals surface area contributed by atoms with E-state index in [0.29, 0.717) is 31.3 Å². The van der Waals surface area contributed by atoms with Gasteiger partial charge < -0.3 is 15.3 Å². The molecule has 1 aliphatic heterocycles. The SMILES string of the molecule is NC1(C(=O)O)CCN(Cc2nnc(-c3ccc(Br)s3)o2)C1. The van der Waals surface area contributed by atoms with Crippen LogP contribution in [0.5, 0.6) is 0 Å². The number of aliphatic carboxylic acids is 1. The molecule has 0 spiro atoms. The van der Waals surface area contributed by atoms with Gasteiger partial charge in [0.1, 0.15) is 5.54 Å². The van der Waals surface area contributed by atoms with Crippen molar-refractivity contribution in [2.75, 3.05) is 13.1 Å². The van der Waals surface area contributed by atoms with Gasteiger partial charge in [-0.15, -0.1) is 21.5 Å². The van der Waals surface area contributed by atoms with Gasteiger partial charge in [-0.2, -0.15) is 0 Å². The highest BCUT2D eigenvalue weighted by Gasteiger charge is 2.41. The quantitative estimate of drug-likeness (QED) is 0.838. The van der Waals surface area contributed by atoms with E-state index < -0.39 is 11.5 Å². The van der Waals surface area contributed by atoms with E-state index in [4.69, 9.17) is 15.3 Å². The van der Waals surface area contributed by atoms with Crippen molar-refractivity contribution in [2.24, 2.45) is 5.73 Å². The molecule has 0 bridgehead atoms. The van der Waals surface area contributed by atoms with Crippen LogP contribution in [0.25, 0.3) is 10.8 Å². The molecule has 9 heteroatoms. The number of nitrogens with two attached hydrogens (primary N) is 1. The molecule has 3 N–H and O–H groups in total. The summed E-state index contributed by atoms with van der Waals surface area (Å²) in [6.07, 6.45) is 0.418. The molecule has 0 aromatic carbocycles. The summed E-state index contributed by atoms with van der Waals surface area (Å²) >= 11 is 4.89. The smallest absolute Gasteiger partial charge is 0.325 e. The first-order chi connectivity index (χ1) is 9.96. The third kappa shape index (κ3) is 3.00. The van der Waals surface area contributed by atoms with Crippen LogP contribution in [-0.4, -0.2) is 44.8 Å². The lowest BCUT2D eigenvalue weighted by molar-refractivity contribution is -0.142. The molecule has 2 aromatic rings. The molecule has 1 atom stereocenters. The molecule has 3 heterocycles. The van der Waals surface area contributed by atoms with E-state index in [-0.39, 0.29) is 6.54 Å². The highest BCUT2D eigenvalue weighted by Crippen LogP contribution is 2.30. The summed E-state index contributed by atoms with van der Waals surface area (Å²) in [5, 5.41) is 17.1. The first-order valence-corrected chi connectivity index (χ1v) is 7.90. The van der Waals surface area contributed by atoms with Crippen LogP contribution >= 0.6 is 27.3 Å². The van der Waals surface area contributed by atoms with Gasteiger partial charge in [0.2, 0.25) is 5.89 Å². The third-order valence-corrected chi connectivity index (χ3v) is 5.03. The predicted molar refractivity (Wildman–Crippen MR) is 79.8 cm³/mol. The van der Waals surface area contributed by atoms with Crippen LogP contribution in [0, 0.1) is 0 Å². The van der Waals surface area contributed by atoms with Gasteiger partial charge in [-0.25, -0.2) is 0 Å². The van der Waals surface area contributed by atoms with Crippen LogP contribution in [-0.2, 0) is 11.3 Å². The number of rotatable bonds is 4. The molecular weight excluding hydrogens is 360 g/mol. The number of aromatic nitrogens is 2. The maximum atomic E-state index is 11.1. The predicted octanol–water partition coefficient (Wildman–Crippen LogP) is 1.55. The summed E-state index contributed by atoms with van der Waals surface area (Å²) in [7, 11) is 0. The number of thiophene rings is 1. The van der Waals surface area contributed by atoms with Gasteiger partial charge in [-0.05, 0) is 34.5 Å². The molecule has 0 aliphatic carbocycles.